The molecular weight excluding hydrogens is 238 g/mol. The molecule has 1 saturated carbocycles. The first-order chi connectivity index (χ1) is 9.15. The number of nitrogens with two attached hydrogens (primary N) is 1. The van der Waals surface area contributed by atoms with Gasteiger partial charge in [-0.3, -0.25) is 0 Å². The normalized spacial score (nSPS) is 30.3. The van der Waals surface area contributed by atoms with E-state index in [-0.39, 0.29) is 0 Å². The van der Waals surface area contributed by atoms with Gasteiger partial charge in [-0.15, -0.1) is 0 Å². The van der Waals surface area contributed by atoms with Crippen molar-refractivity contribution in [2.24, 2.45) is 17.6 Å². The van der Waals surface area contributed by atoms with E-state index in [2.05, 4.69) is 14.9 Å². The monoisotopic (exact) mass is 261 g/mol. The molecule has 0 amide bonds. The molecule has 0 aromatic carbocycles. The van der Waals surface area contributed by atoms with Gasteiger partial charge in [-0.05, 0) is 30.7 Å². The zero-order chi connectivity index (χ0) is 13.4. The molecule has 5 nitrogen and oxygen atoms in total. The summed E-state index contributed by atoms with van der Waals surface area (Å²) in [6.07, 6.45) is 5.63. The van der Waals surface area contributed by atoms with Gasteiger partial charge in [0, 0.05) is 39.4 Å². The van der Waals surface area contributed by atoms with Gasteiger partial charge < -0.3 is 15.5 Å². The topological polar surface area (TPSA) is 58.3 Å². The van der Waals surface area contributed by atoms with Gasteiger partial charge in [-0.25, -0.2) is 4.98 Å². The minimum Gasteiger partial charge on any atom is -0.356 e. The molecule has 0 spiro atoms. The van der Waals surface area contributed by atoms with Crippen LogP contribution in [0.3, 0.4) is 0 Å². The van der Waals surface area contributed by atoms with E-state index in [9.17, 15) is 0 Å². The third kappa shape index (κ3) is 2.39. The summed E-state index contributed by atoms with van der Waals surface area (Å²) in [6, 6.07) is 2.38. The van der Waals surface area contributed by atoms with E-state index in [1.807, 2.05) is 31.3 Å². The van der Waals surface area contributed by atoms with E-state index in [1.54, 1.807) is 0 Å². The Bertz CT molecular complexity index is 447. The van der Waals surface area contributed by atoms with E-state index in [4.69, 9.17) is 5.73 Å². The Morgan fingerprint density at radius 2 is 2.16 bits per heavy atom. The van der Waals surface area contributed by atoms with E-state index >= 15 is 0 Å². The van der Waals surface area contributed by atoms with Gasteiger partial charge in [-0.2, -0.15) is 4.98 Å². The first-order valence-corrected chi connectivity index (χ1v) is 7.16. The number of fused-ring (bicyclic) bond motifs is 1. The van der Waals surface area contributed by atoms with Crippen LogP contribution >= 0.6 is 0 Å². The molecule has 0 bridgehead atoms. The molecule has 1 aliphatic carbocycles. The average molecular weight is 261 g/mol. The van der Waals surface area contributed by atoms with Crippen molar-refractivity contribution in [1.82, 2.24) is 9.97 Å². The zero-order valence-electron chi connectivity index (χ0n) is 11.8. The standard InChI is InChI=1S/C14H23N5/c1-18(2)14-16-7-6-13(17-14)19-8-10-4-3-5-12(15)11(10)9-19/h6-7,10-12H,3-5,8-9,15H2,1-2H3. The van der Waals surface area contributed by atoms with Crippen molar-refractivity contribution in [3.63, 3.8) is 0 Å². The second kappa shape index (κ2) is 4.96. The zero-order valence-corrected chi connectivity index (χ0v) is 11.8. The lowest BCUT2D eigenvalue weighted by Gasteiger charge is -2.29. The molecule has 2 N–H and O–H groups in total. The molecule has 2 heterocycles. The predicted molar refractivity (Wildman–Crippen MR) is 77.4 cm³/mol. The lowest BCUT2D eigenvalue weighted by atomic mass is 9.78. The Morgan fingerprint density at radius 1 is 1.32 bits per heavy atom. The summed E-state index contributed by atoms with van der Waals surface area (Å²) in [5.74, 6) is 3.21. The SMILES string of the molecule is CN(C)c1nccc(N2CC3CCCC(N)C3C2)n1. The van der Waals surface area contributed by atoms with Crippen LogP contribution in [0.1, 0.15) is 19.3 Å². The number of nitrogens with zero attached hydrogens (tertiary/aromatic N) is 4. The van der Waals surface area contributed by atoms with E-state index in [1.165, 1.54) is 19.3 Å². The fourth-order valence-corrected chi connectivity index (χ4v) is 3.43. The molecule has 1 aromatic rings. The lowest BCUT2D eigenvalue weighted by Crippen LogP contribution is -2.38. The van der Waals surface area contributed by atoms with Crippen LogP contribution in [0.2, 0.25) is 0 Å². The van der Waals surface area contributed by atoms with Crippen LogP contribution in [-0.2, 0) is 0 Å². The van der Waals surface area contributed by atoms with Crippen LogP contribution in [0.5, 0.6) is 0 Å². The van der Waals surface area contributed by atoms with Crippen molar-refractivity contribution in [2.75, 3.05) is 37.0 Å². The molecule has 0 radical (unpaired) electrons. The van der Waals surface area contributed by atoms with Crippen molar-refractivity contribution in [3.8, 4) is 0 Å². The van der Waals surface area contributed by atoms with Crippen LogP contribution in [0.15, 0.2) is 12.3 Å². The highest BCUT2D eigenvalue weighted by molar-refractivity contribution is 5.44. The highest BCUT2D eigenvalue weighted by Crippen LogP contribution is 2.37. The lowest BCUT2D eigenvalue weighted by molar-refractivity contribution is 0.260. The van der Waals surface area contributed by atoms with Crippen LogP contribution in [0, 0.1) is 11.8 Å². The quantitative estimate of drug-likeness (QED) is 0.864. The Morgan fingerprint density at radius 3 is 2.89 bits per heavy atom. The predicted octanol–water partition coefficient (Wildman–Crippen LogP) is 1.11. The molecule has 3 atom stereocenters. The molecule has 3 unspecified atom stereocenters. The summed E-state index contributed by atoms with van der Waals surface area (Å²) in [6.45, 7) is 2.15. The Balaban J connectivity index is 1.78. The fourth-order valence-electron chi connectivity index (χ4n) is 3.43. The van der Waals surface area contributed by atoms with Crippen LogP contribution < -0.4 is 15.5 Å². The number of rotatable bonds is 2. The van der Waals surface area contributed by atoms with Crippen LogP contribution in [0.4, 0.5) is 11.8 Å². The maximum Gasteiger partial charge on any atom is 0.226 e. The Kier molecular flexibility index (Phi) is 3.31. The van der Waals surface area contributed by atoms with Gasteiger partial charge in [-0.1, -0.05) is 6.42 Å². The largest absolute Gasteiger partial charge is 0.356 e. The number of anilines is 2. The first-order valence-electron chi connectivity index (χ1n) is 7.16. The average Bonchev–Trinajstić information content (AvgIpc) is 2.84. The van der Waals surface area contributed by atoms with E-state index in [0.717, 1.165) is 30.8 Å². The molecule has 1 saturated heterocycles. The van der Waals surface area contributed by atoms with Gasteiger partial charge in [0.25, 0.3) is 0 Å². The van der Waals surface area contributed by atoms with Gasteiger partial charge in [0.05, 0.1) is 0 Å². The third-order valence-corrected chi connectivity index (χ3v) is 4.51. The summed E-state index contributed by atoms with van der Waals surface area (Å²) in [5.41, 5.74) is 6.27. The fraction of sp³-hybridized carbons (Fsp3) is 0.714. The smallest absolute Gasteiger partial charge is 0.226 e. The molecule has 3 rings (SSSR count). The molecule has 2 aliphatic rings. The molecule has 19 heavy (non-hydrogen) atoms. The van der Waals surface area contributed by atoms with Crippen LogP contribution in [0.25, 0.3) is 0 Å². The minimum absolute atomic E-state index is 0.374. The van der Waals surface area contributed by atoms with Crippen molar-refractivity contribution in [2.45, 2.75) is 25.3 Å². The highest BCUT2D eigenvalue weighted by atomic mass is 15.3. The molecular formula is C14H23N5. The second-order valence-electron chi connectivity index (χ2n) is 6.03. The maximum absolute atomic E-state index is 6.27. The van der Waals surface area contributed by atoms with E-state index < -0.39 is 0 Å². The molecule has 104 valence electrons. The van der Waals surface area contributed by atoms with E-state index in [0.29, 0.717) is 12.0 Å². The number of hydrogen-bond acceptors (Lipinski definition) is 5. The minimum atomic E-state index is 0.374. The maximum atomic E-state index is 6.27. The second-order valence-corrected chi connectivity index (χ2v) is 6.03. The van der Waals surface area contributed by atoms with Crippen LogP contribution in [-0.4, -0.2) is 43.2 Å². The van der Waals surface area contributed by atoms with Crippen molar-refractivity contribution < 1.29 is 0 Å². The van der Waals surface area contributed by atoms with Gasteiger partial charge in [0.2, 0.25) is 5.95 Å². The Labute approximate surface area is 114 Å². The summed E-state index contributed by atoms with van der Waals surface area (Å²) in [7, 11) is 3.94. The summed E-state index contributed by atoms with van der Waals surface area (Å²) in [4.78, 5) is 13.2. The van der Waals surface area contributed by atoms with Crippen molar-refractivity contribution in [1.29, 1.82) is 0 Å². The molecule has 1 aliphatic heterocycles. The first kappa shape index (κ1) is 12.7. The molecule has 5 heteroatoms. The Hall–Kier alpha value is -1.36. The van der Waals surface area contributed by atoms with Gasteiger partial charge >= 0.3 is 0 Å². The molecule has 2 fully saturated rings. The third-order valence-electron chi connectivity index (χ3n) is 4.51. The van der Waals surface area contributed by atoms with Crippen molar-refractivity contribution >= 4 is 11.8 Å². The van der Waals surface area contributed by atoms with Crippen molar-refractivity contribution in [3.05, 3.63) is 12.3 Å². The van der Waals surface area contributed by atoms with Gasteiger partial charge in [0.15, 0.2) is 0 Å². The molecule has 1 aromatic heterocycles. The van der Waals surface area contributed by atoms with Gasteiger partial charge in [0.1, 0.15) is 5.82 Å². The summed E-state index contributed by atoms with van der Waals surface area (Å²) >= 11 is 0. The summed E-state index contributed by atoms with van der Waals surface area (Å²) < 4.78 is 0. The highest BCUT2D eigenvalue weighted by Gasteiger charge is 2.39. The number of aromatic nitrogens is 2. The number of hydrogen-bond donors (Lipinski definition) is 1. The summed E-state index contributed by atoms with van der Waals surface area (Å²) in [5, 5.41) is 0.